The molecule has 0 amide bonds. The zero-order valence-electron chi connectivity index (χ0n) is 45.7. The van der Waals surface area contributed by atoms with Crippen LogP contribution in [0.1, 0.15) is 0 Å². The van der Waals surface area contributed by atoms with Gasteiger partial charge >= 0.3 is 0 Å². The SMILES string of the molecule is c1ccc([Si](c2ccccc2)(c2ccccc2)c2ccc(-n3c4ccccc4c4cccc(-n5c6ccccc6c6ccc([Si]7(c8ccccc8)c8ccccc8[Si](c8ccccc8)(c8ccccc8)c8ccccc87)cc65)c43)cc2)cc1. The summed E-state index contributed by atoms with van der Waals surface area (Å²) in [6, 6.07) is 130. The normalized spacial score (nSPS) is 13.5. The van der Waals surface area contributed by atoms with Crippen molar-refractivity contribution in [2.45, 2.75) is 0 Å². The lowest BCUT2D eigenvalue weighted by atomic mass is 10.1. The molecule has 13 aromatic carbocycles. The van der Waals surface area contributed by atoms with Gasteiger partial charge in [0.25, 0.3) is 0 Å². The first-order valence-electron chi connectivity index (χ1n) is 28.9. The molecule has 0 bridgehead atoms. The average molecular weight is 1110 g/mol. The Balaban J connectivity index is 0.967. The van der Waals surface area contributed by atoms with Crippen molar-refractivity contribution < 1.29 is 0 Å². The molecule has 0 unspecified atom stereocenters. The van der Waals surface area contributed by atoms with Crippen molar-refractivity contribution in [3.05, 3.63) is 340 Å². The lowest BCUT2D eigenvalue weighted by Gasteiger charge is -2.48. The summed E-state index contributed by atoms with van der Waals surface area (Å²) in [6.45, 7) is 0. The van der Waals surface area contributed by atoms with E-state index in [1.807, 2.05) is 0 Å². The molecule has 0 fully saturated rings. The van der Waals surface area contributed by atoms with Gasteiger partial charge in [0.05, 0.1) is 27.8 Å². The number of hydrogen-bond donors (Lipinski definition) is 0. The Kier molecular flexibility index (Phi) is 11.6. The zero-order chi connectivity index (χ0) is 55.0. The standard InChI is InChI=1S/C78H56N2Si3/c1-7-28-58(29-8-1)81(59-30-9-2-10-31-59,60-32-11-3-12-33-60)64-52-50-57(51-53-64)79-70-43-21-20-41-67(70)69-42-27-45-72(78(69)79)80-71-44-22-19-40-66(71)68-55-54-65(56-73(68)80)83(63-38-17-6-18-39-63)76-48-25-23-46-74(76)82(61-34-13-4-14-35-61,62-36-15-5-16-37-62)75-47-24-26-49-77(75)83/h1-56H. The van der Waals surface area contributed by atoms with Gasteiger partial charge in [-0.3, -0.25) is 0 Å². The summed E-state index contributed by atoms with van der Waals surface area (Å²) < 4.78 is 5.13. The number of rotatable bonds is 10. The Morgan fingerprint density at radius 1 is 0.229 bits per heavy atom. The first-order chi connectivity index (χ1) is 41.2. The smallest absolute Gasteiger partial charge is 0.179 e. The Bertz CT molecular complexity index is 4700. The van der Waals surface area contributed by atoms with E-state index < -0.39 is 24.2 Å². The highest BCUT2D eigenvalue weighted by Crippen LogP contribution is 2.40. The monoisotopic (exact) mass is 1100 g/mol. The first kappa shape index (κ1) is 49.0. The molecule has 2 aromatic heterocycles. The number of fused-ring (bicyclic) bond motifs is 8. The number of nitrogens with zero attached hydrogens (tertiary/aromatic N) is 2. The Hall–Kier alpha value is -9.89. The van der Waals surface area contributed by atoms with Crippen LogP contribution in [0.4, 0.5) is 0 Å². The minimum absolute atomic E-state index is 1.13. The molecule has 1 aliphatic heterocycles. The molecule has 5 heteroatoms. The second-order valence-electron chi connectivity index (χ2n) is 22.2. The largest absolute Gasteiger partial charge is 0.307 e. The molecule has 2 nitrogen and oxygen atoms in total. The summed E-state index contributed by atoms with van der Waals surface area (Å²) in [6.07, 6.45) is 0. The molecular formula is C78H56N2Si3. The molecule has 15 aromatic rings. The van der Waals surface area contributed by atoms with Gasteiger partial charge in [0.2, 0.25) is 0 Å². The van der Waals surface area contributed by atoms with E-state index in [9.17, 15) is 0 Å². The van der Waals surface area contributed by atoms with Gasteiger partial charge in [-0.15, -0.1) is 0 Å². The maximum absolute atomic E-state index is 3.14. The highest BCUT2D eigenvalue weighted by atomic mass is 28.3. The van der Waals surface area contributed by atoms with Crippen LogP contribution in [0.3, 0.4) is 0 Å². The van der Waals surface area contributed by atoms with Gasteiger partial charge < -0.3 is 9.13 Å². The van der Waals surface area contributed by atoms with Crippen molar-refractivity contribution >= 4 is 130 Å². The predicted molar refractivity (Wildman–Crippen MR) is 360 cm³/mol. The summed E-state index contributed by atoms with van der Waals surface area (Å²) in [4.78, 5) is 0. The summed E-state index contributed by atoms with van der Waals surface area (Å²) >= 11 is 0. The number of benzene rings is 13. The Labute approximate surface area is 487 Å². The third kappa shape index (κ3) is 7.12. The van der Waals surface area contributed by atoms with Crippen molar-refractivity contribution in [3.63, 3.8) is 0 Å². The minimum Gasteiger partial charge on any atom is -0.307 e. The molecule has 1 aliphatic rings. The van der Waals surface area contributed by atoms with Crippen LogP contribution in [0.25, 0.3) is 55.0 Å². The van der Waals surface area contributed by atoms with Crippen LogP contribution in [0.2, 0.25) is 0 Å². The summed E-state index contributed by atoms with van der Waals surface area (Å²) in [5, 5.41) is 21.8. The Morgan fingerprint density at radius 3 is 1.05 bits per heavy atom. The fraction of sp³-hybridized carbons (Fsp3) is 0. The number of para-hydroxylation sites is 3. The molecule has 390 valence electrons. The summed E-state index contributed by atoms with van der Waals surface area (Å²) in [7, 11) is -8.81. The van der Waals surface area contributed by atoms with Gasteiger partial charge in [-0.25, -0.2) is 0 Å². The van der Waals surface area contributed by atoms with Crippen molar-refractivity contribution in [2.24, 2.45) is 0 Å². The van der Waals surface area contributed by atoms with E-state index in [2.05, 4.69) is 349 Å². The van der Waals surface area contributed by atoms with E-state index in [1.54, 1.807) is 0 Å². The van der Waals surface area contributed by atoms with Crippen LogP contribution < -0.4 is 62.2 Å². The van der Waals surface area contributed by atoms with Crippen molar-refractivity contribution in [1.29, 1.82) is 0 Å². The van der Waals surface area contributed by atoms with Crippen LogP contribution in [0.15, 0.2) is 340 Å². The highest BCUT2D eigenvalue weighted by Gasteiger charge is 2.56. The Morgan fingerprint density at radius 2 is 0.578 bits per heavy atom. The van der Waals surface area contributed by atoms with Crippen LogP contribution in [-0.4, -0.2) is 33.4 Å². The van der Waals surface area contributed by atoms with Gasteiger partial charge in [-0.1, -0.05) is 303 Å². The third-order valence-electron chi connectivity index (χ3n) is 18.3. The lowest BCUT2D eigenvalue weighted by molar-refractivity contribution is 1.13. The van der Waals surface area contributed by atoms with Crippen LogP contribution in [0, 0.1) is 0 Å². The van der Waals surface area contributed by atoms with Gasteiger partial charge in [-0.2, -0.15) is 0 Å². The average Bonchev–Trinajstić information content (AvgIpc) is 1.27. The fourth-order valence-corrected chi connectivity index (χ4v) is 31.9. The van der Waals surface area contributed by atoms with Gasteiger partial charge in [0.15, 0.2) is 24.2 Å². The van der Waals surface area contributed by atoms with Crippen molar-refractivity contribution in [1.82, 2.24) is 9.13 Å². The molecule has 0 aliphatic carbocycles. The van der Waals surface area contributed by atoms with Crippen LogP contribution in [-0.2, 0) is 0 Å². The van der Waals surface area contributed by atoms with Crippen LogP contribution >= 0.6 is 0 Å². The van der Waals surface area contributed by atoms with E-state index in [4.69, 9.17) is 0 Å². The molecule has 0 radical (unpaired) electrons. The number of aromatic nitrogens is 2. The topological polar surface area (TPSA) is 9.86 Å². The van der Waals surface area contributed by atoms with E-state index in [0.717, 1.165) is 11.4 Å². The first-order valence-corrected chi connectivity index (χ1v) is 34.9. The third-order valence-corrected chi connectivity index (χ3v) is 33.3. The molecule has 0 saturated heterocycles. The quantitative estimate of drug-likeness (QED) is 0.0954. The fourth-order valence-electron chi connectivity index (χ4n) is 15.0. The minimum atomic E-state index is -3.14. The molecule has 0 atom stereocenters. The van der Waals surface area contributed by atoms with Crippen molar-refractivity contribution in [3.8, 4) is 11.4 Å². The van der Waals surface area contributed by atoms with E-state index >= 15 is 0 Å². The number of hydrogen-bond acceptors (Lipinski definition) is 0. The van der Waals surface area contributed by atoms with E-state index in [-0.39, 0.29) is 0 Å². The molecule has 83 heavy (non-hydrogen) atoms. The van der Waals surface area contributed by atoms with E-state index in [1.165, 1.54) is 106 Å². The van der Waals surface area contributed by atoms with Gasteiger partial charge in [0, 0.05) is 27.2 Å². The molecule has 3 heterocycles. The second kappa shape index (κ2) is 19.7. The van der Waals surface area contributed by atoms with Gasteiger partial charge in [-0.05, 0) is 98.6 Å². The molecular weight excluding hydrogens is 1050 g/mol. The van der Waals surface area contributed by atoms with Crippen molar-refractivity contribution in [2.75, 3.05) is 0 Å². The summed E-state index contributed by atoms with van der Waals surface area (Å²) in [5.41, 5.74) is 7.01. The molecule has 0 N–H and O–H groups in total. The molecule has 16 rings (SSSR count). The van der Waals surface area contributed by atoms with E-state index in [0.29, 0.717) is 0 Å². The molecule has 0 spiro atoms. The maximum Gasteiger partial charge on any atom is 0.179 e. The second-order valence-corrected chi connectivity index (χ2v) is 33.5. The zero-order valence-corrected chi connectivity index (χ0v) is 48.7. The highest BCUT2D eigenvalue weighted by molar-refractivity contribution is 7.33. The summed E-state index contributed by atoms with van der Waals surface area (Å²) in [5.74, 6) is 0. The lowest BCUT2D eigenvalue weighted by Crippen LogP contribution is -2.93. The van der Waals surface area contributed by atoms with Gasteiger partial charge in [0.1, 0.15) is 0 Å². The maximum atomic E-state index is 2.61. The predicted octanol–water partition coefficient (Wildman–Crippen LogP) is 10.3. The molecule has 0 saturated carbocycles. The van der Waals surface area contributed by atoms with Crippen LogP contribution in [0.5, 0.6) is 0 Å².